The highest BCUT2D eigenvalue weighted by Crippen LogP contribution is 2.14. The summed E-state index contributed by atoms with van der Waals surface area (Å²) in [5, 5.41) is 4.79. The fraction of sp³-hybridized carbons (Fsp3) is 0.158. The first-order valence-corrected chi connectivity index (χ1v) is 8.32. The van der Waals surface area contributed by atoms with Gasteiger partial charge in [-0.25, -0.2) is 9.67 Å². The fourth-order valence-electron chi connectivity index (χ4n) is 2.75. The number of ether oxygens (including phenoxy) is 1. The summed E-state index contributed by atoms with van der Waals surface area (Å²) >= 11 is 0. The van der Waals surface area contributed by atoms with E-state index in [9.17, 15) is 4.79 Å². The van der Waals surface area contributed by atoms with Gasteiger partial charge in [-0.3, -0.25) is 14.3 Å². The van der Waals surface area contributed by atoms with Crippen LogP contribution >= 0.6 is 0 Å². The number of aromatic nitrogens is 5. The largest absolute Gasteiger partial charge is 0.492 e. The van der Waals surface area contributed by atoms with E-state index in [4.69, 9.17) is 4.74 Å². The Bertz CT molecular complexity index is 1080. The molecule has 0 bridgehead atoms. The predicted octanol–water partition coefficient (Wildman–Crippen LogP) is 2.42. The summed E-state index contributed by atoms with van der Waals surface area (Å²) in [7, 11) is 0. The molecule has 26 heavy (non-hydrogen) atoms. The van der Waals surface area contributed by atoms with Crippen LogP contribution in [0.1, 0.15) is 12.6 Å². The van der Waals surface area contributed by atoms with Crippen molar-refractivity contribution in [3.63, 3.8) is 0 Å². The lowest BCUT2D eigenvalue weighted by Gasteiger charge is -2.07. The van der Waals surface area contributed by atoms with Gasteiger partial charge in [-0.05, 0) is 31.2 Å². The molecule has 0 fully saturated rings. The van der Waals surface area contributed by atoms with Crippen molar-refractivity contribution in [2.24, 2.45) is 0 Å². The molecule has 130 valence electrons. The molecule has 4 rings (SSSR count). The monoisotopic (exact) mass is 347 g/mol. The van der Waals surface area contributed by atoms with E-state index < -0.39 is 0 Å². The maximum atomic E-state index is 12.8. The first kappa shape index (κ1) is 16.0. The van der Waals surface area contributed by atoms with Crippen molar-refractivity contribution in [1.29, 1.82) is 0 Å². The van der Waals surface area contributed by atoms with E-state index in [-0.39, 0.29) is 5.56 Å². The Hall–Kier alpha value is -3.48. The minimum atomic E-state index is -0.145. The Labute approximate surface area is 149 Å². The zero-order valence-electron chi connectivity index (χ0n) is 14.2. The standard InChI is InChI=1S/C19H17N5O2/c1-2-26-16-9-8-14(20-10-16)12-23-13-21-18-17(19(23)25)11-22-24(18)15-6-4-3-5-7-15/h3-11,13H,2,12H2,1H3. The minimum absolute atomic E-state index is 0.145. The predicted molar refractivity (Wildman–Crippen MR) is 97.6 cm³/mol. The molecule has 3 heterocycles. The molecule has 7 nitrogen and oxygen atoms in total. The van der Waals surface area contributed by atoms with E-state index in [1.54, 1.807) is 17.1 Å². The second kappa shape index (κ2) is 6.79. The zero-order chi connectivity index (χ0) is 17.9. The lowest BCUT2D eigenvalue weighted by Crippen LogP contribution is -2.21. The topological polar surface area (TPSA) is 74.8 Å². The summed E-state index contributed by atoms with van der Waals surface area (Å²) in [6.07, 6.45) is 4.74. The lowest BCUT2D eigenvalue weighted by atomic mass is 10.3. The Morgan fingerprint density at radius 1 is 1.04 bits per heavy atom. The third kappa shape index (κ3) is 2.95. The van der Waals surface area contributed by atoms with Gasteiger partial charge in [0.2, 0.25) is 0 Å². The van der Waals surface area contributed by atoms with E-state index in [0.717, 1.165) is 11.4 Å². The van der Waals surface area contributed by atoms with Gasteiger partial charge in [0.05, 0.1) is 36.9 Å². The number of hydrogen-bond donors (Lipinski definition) is 0. The van der Waals surface area contributed by atoms with Crippen LogP contribution in [0, 0.1) is 0 Å². The van der Waals surface area contributed by atoms with Gasteiger partial charge >= 0.3 is 0 Å². The van der Waals surface area contributed by atoms with Gasteiger partial charge in [-0.2, -0.15) is 5.10 Å². The van der Waals surface area contributed by atoms with Gasteiger partial charge in [0.25, 0.3) is 5.56 Å². The molecule has 0 spiro atoms. The van der Waals surface area contributed by atoms with Crippen LogP contribution < -0.4 is 10.3 Å². The molecule has 0 aliphatic carbocycles. The van der Waals surface area contributed by atoms with Crippen LogP contribution in [0.2, 0.25) is 0 Å². The van der Waals surface area contributed by atoms with Gasteiger partial charge in [0.1, 0.15) is 17.5 Å². The van der Waals surface area contributed by atoms with Crippen LogP contribution in [0.4, 0.5) is 0 Å². The SMILES string of the molecule is CCOc1ccc(Cn2cnc3c(cnn3-c3ccccc3)c2=O)nc1. The van der Waals surface area contributed by atoms with E-state index in [2.05, 4.69) is 15.1 Å². The molecule has 0 saturated heterocycles. The summed E-state index contributed by atoms with van der Waals surface area (Å²) in [5.41, 5.74) is 2.01. The Morgan fingerprint density at radius 3 is 2.62 bits per heavy atom. The number of para-hydroxylation sites is 1. The third-order valence-electron chi connectivity index (χ3n) is 4.00. The van der Waals surface area contributed by atoms with Crippen LogP contribution in [0.5, 0.6) is 5.75 Å². The van der Waals surface area contributed by atoms with Gasteiger partial charge in [-0.15, -0.1) is 0 Å². The average molecular weight is 347 g/mol. The highest BCUT2D eigenvalue weighted by atomic mass is 16.5. The number of benzene rings is 1. The van der Waals surface area contributed by atoms with E-state index in [1.807, 2.05) is 49.4 Å². The highest BCUT2D eigenvalue weighted by molar-refractivity contribution is 5.74. The number of fused-ring (bicyclic) bond motifs is 1. The summed E-state index contributed by atoms with van der Waals surface area (Å²) in [4.78, 5) is 21.5. The van der Waals surface area contributed by atoms with Crippen LogP contribution in [0.3, 0.4) is 0 Å². The molecular weight excluding hydrogens is 330 g/mol. The molecule has 0 N–H and O–H groups in total. The number of nitrogens with zero attached hydrogens (tertiary/aromatic N) is 5. The molecule has 0 aliphatic rings. The molecule has 3 aromatic heterocycles. The van der Waals surface area contributed by atoms with Crippen LogP contribution in [0.15, 0.2) is 66.0 Å². The lowest BCUT2D eigenvalue weighted by molar-refractivity contribution is 0.338. The molecule has 0 aliphatic heterocycles. The van der Waals surface area contributed by atoms with Crippen molar-refractivity contribution in [1.82, 2.24) is 24.3 Å². The highest BCUT2D eigenvalue weighted by Gasteiger charge is 2.11. The van der Waals surface area contributed by atoms with Gasteiger partial charge in [0.15, 0.2) is 5.65 Å². The molecule has 0 saturated carbocycles. The Morgan fingerprint density at radius 2 is 1.88 bits per heavy atom. The Kier molecular flexibility index (Phi) is 4.18. The maximum absolute atomic E-state index is 12.8. The first-order chi connectivity index (χ1) is 12.8. The van der Waals surface area contributed by atoms with Gasteiger partial charge in [-0.1, -0.05) is 18.2 Å². The van der Waals surface area contributed by atoms with Crippen molar-refractivity contribution in [2.45, 2.75) is 13.5 Å². The second-order valence-electron chi connectivity index (χ2n) is 5.73. The summed E-state index contributed by atoms with van der Waals surface area (Å²) in [6.45, 7) is 2.85. The maximum Gasteiger partial charge on any atom is 0.264 e. The van der Waals surface area contributed by atoms with E-state index in [0.29, 0.717) is 29.9 Å². The van der Waals surface area contributed by atoms with Gasteiger partial charge in [0, 0.05) is 0 Å². The molecular formula is C19H17N5O2. The van der Waals surface area contributed by atoms with Crippen molar-refractivity contribution >= 4 is 11.0 Å². The third-order valence-corrected chi connectivity index (χ3v) is 4.00. The number of hydrogen-bond acceptors (Lipinski definition) is 5. The van der Waals surface area contributed by atoms with Crippen molar-refractivity contribution < 1.29 is 4.74 Å². The van der Waals surface area contributed by atoms with E-state index >= 15 is 0 Å². The normalized spacial score (nSPS) is 11.0. The summed E-state index contributed by atoms with van der Waals surface area (Å²) in [6, 6.07) is 13.3. The van der Waals surface area contributed by atoms with Gasteiger partial charge < -0.3 is 4.74 Å². The molecule has 0 radical (unpaired) electrons. The minimum Gasteiger partial charge on any atom is -0.492 e. The average Bonchev–Trinajstić information content (AvgIpc) is 3.11. The molecule has 0 amide bonds. The van der Waals surface area contributed by atoms with Crippen LogP contribution in [-0.2, 0) is 6.54 Å². The smallest absolute Gasteiger partial charge is 0.264 e. The molecule has 0 unspecified atom stereocenters. The van der Waals surface area contributed by atoms with Crippen molar-refractivity contribution in [3.8, 4) is 11.4 Å². The Balaban J connectivity index is 1.67. The molecule has 4 aromatic rings. The van der Waals surface area contributed by atoms with Crippen LogP contribution in [0.25, 0.3) is 16.7 Å². The molecule has 0 atom stereocenters. The zero-order valence-corrected chi connectivity index (χ0v) is 14.2. The molecule has 7 heteroatoms. The quantitative estimate of drug-likeness (QED) is 0.554. The number of pyridine rings is 1. The summed E-state index contributed by atoms with van der Waals surface area (Å²) in [5.74, 6) is 0.710. The second-order valence-corrected chi connectivity index (χ2v) is 5.73. The van der Waals surface area contributed by atoms with Crippen molar-refractivity contribution in [3.05, 3.63) is 77.2 Å². The fourth-order valence-corrected chi connectivity index (χ4v) is 2.75. The summed E-state index contributed by atoms with van der Waals surface area (Å²) < 4.78 is 8.58. The van der Waals surface area contributed by atoms with E-state index in [1.165, 1.54) is 10.9 Å². The van der Waals surface area contributed by atoms with Crippen LogP contribution in [-0.4, -0.2) is 30.9 Å². The van der Waals surface area contributed by atoms with Crippen molar-refractivity contribution in [2.75, 3.05) is 6.61 Å². The number of rotatable bonds is 5. The molecule has 1 aromatic carbocycles. The first-order valence-electron chi connectivity index (χ1n) is 8.32.